The summed E-state index contributed by atoms with van der Waals surface area (Å²) < 4.78 is 19.8. The van der Waals surface area contributed by atoms with Crippen LogP contribution in [0, 0.1) is 0 Å². The van der Waals surface area contributed by atoms with Gasteiger partial charge in [-0.3, -0.25) is 8.63 Å². The Morgan fingerprint density at radius 2 is 1.17 bits per heavy atom. The van der Waals surface area contributed by atoms with Crippen LogP contribution in [0.1, 0.15) is 52.4 Å². The van der Waals surface area contributed by atoms with Crippen LogP contribution in [0.4, 0.5) is 8.63 Å². The van der Waals surface area contributed by atoms with Gasteiger partial charge in [0.15, 0.2) is 0 Å². The van der Waals surface area contributed by atoms with Crippen molar-refractivity contribution in [3.8, 4) is 0 Å². The second kappa shape index (κ2) is 13.5. The first kappa shape index (κ1) is 14.4. The molecule has 0 spiro atoms. The first-order valence-corrected chi connectivity index (χ1v) is 4.61. The van der Waals surface area contributed by atoms with Crippen LogP contribution in [-0.2, 0) is 0 Å². The lowest BCUT2D eigenvalue weighted by Crippen LogP contribution is -1.88. The molecular weight excluding hydrogens is 161 g/mol. The van der Waals surface area contributed by atoms with Crippen molar-refractivity contribution < 1.29 is 13.7 Å². The SMILES string of the molecule is CCCCCCCC.OB(F)F. The van der Waals surface area contributed by atoms with Gasteiger partial charge in [0, 0.05) is 0 Å². The molecule has 1 nitrogen and oxygen atoms in total. The lowest BCUT2D eigenvalue weighted by molar-refractivity contribution is 0.417. The Morgan fingerprint density at radius 1 is 0.917 bits per heavy atom. The largest absolute Gasteiger partial charge is 0.718 e. The van der Waals surface area contributed by atoms with Crippen LogP contribution in [0.15, 0.2) is 0 Å². The van der Waals surface area contributed by atoms with E-state index in [-0.39, 0.29) is 0 Å². The van der Waals surface area contributed by atoms with Gasteiger partial charge in [-0.05, 0) is 0 Å². The van der Waals surface area contributed by atoms with Gasteiger partial charge in [0.1, 0.15) is 0 Å². The zero-order valence-corrected chi connectivity index (χ0v) is 8.02. The summed E-state index contributed by atoms with van der Waals surface area (Å²) in [7, 11) is -3.17. The van der Waals surface area contributed by atoms with Crippen LogP contribution >= 0.6 is 0 Å². The molecule has 0 heterocycles. The van der Waals surface area contributed by atoms with Gasteiger partial charge < -0.3 is 5.02 Å². The zero-order valence-electron chi connectivity index (χ0n) is 8.02. The van der Waals surface area contributed by atoms with Crippen molar-refractivity contribution in [1.82, 2.24) is 0 Å². The van der Waals surface area contributed by atoms with Gasteiger partial charge >= 0.3 is 7.47 Å². The van der Waals surface area contributed by atoms with Crippen LogP contribution in [0.3, 0.4) is 0 Å². The maximum Gasteiger partial charge on any atom is 0.718 e. The summed E-state index contributed by atoms with van der Waals surface area (Å²) in [6.45, 7) is 4.51. The van der Waals surface area contributed by atoms with E-state index in [1.165, 1.54) is 38.5 Å². The van der Waals surface area contributed by atoms with Gasteiger partial charge in [0.2, 0.25) is 0 Å². The van der Waals surface area contributed by atoms with Crippen LogP contribution in [0.25, 0.3) is 0 Å². The normalized spacial score (nSPS) is 8.75. The van der Waals surface area contributed by atoms with Crippen molar-refractivity contribution in [1.29, 1.82) is 0 Å². The molecular formula is C8H19BF2O. The molecule has 0 unspecified atom stereocenters. The lowest BCUT2D eigenvalue weighted by atomic mass is 10.1. The molecule has 74 valence electrons. The smallest absolute Gasteiger partial charge is 0.395 e. The summed E-state index contributed by atoms with van der Waals surface area (Å²) in [5, 5.41) is 6.72. The fraction of sp³-hybridized carbons (Fsp3) is 1.00. The number of halogens is 2. The number of rotatable bonds is 5. The van der Waals surface area contributed by atoms with Crippen molar-refractivity contribution in [3.63, 3.8) is 0 Å². The minimum atomic E-state index is -3.17. The van der Waals surface area contributed by atoms with Crippen molar-refractivity contribution in [2.24, 2.45) is 0 Å². The van der Waals surface area contributed by atoms with Gasteiger partial charge in [0.25, 0.3) is 0 Å². The maximum atomic E-state index is 9.89. The average Bonchev–Trinajstić information content (AvgIpc) is 1.97. The number of hydrogen-bond acceptors (Lipinski definition) is 1. The highest BCUT2D eigenvalue weighted by Crippen LogP contribution is 2.03. The topological polar surface area (TPSA) is 20.2 Å². The Hall–Kier alpha value is -0.115. The highest BCUT2D eigenvalue weighted by Gasteiger charge is 2.01. The van der Waals surface area contributed by atoms with E-state index in [2.05, 4.69) is 13.8 Å². The fourth-order valence-electron chi connectivity index (χ4n) is 0.854. The van der Waals surface area contributed by atoms with E-state index in [0.29, 0.717) is 0 Å². The van der Waals surface area contributed by atoms with Crippen molar-refractivity contribution in [3.05, 3.63) is 0 Å². The van der Waals surface area contributed by atoms with Crippen molar-refractivity contribution in [2.45, 2.75) is 52.4 Å². The minimum absolute atomic E-state index is 1.36. The fourth-order valence-corrected chi connectivity index (χ4v) is 0.854. The Bertz CT molecular complexity index is 63.3. The first-order chi connectivity index (χ1) is 5.65. The molecule has 0 aromatic carbocycles. The van der Waals surface area contributed by atoms with E-state index in [0.717, 1.165) is 0 Å². The minimum Gasteiger partial charge on any atom is -0.395 e. The first-order valence-electron chi connectivity index (χ1n) is 4.61. The molecule has 0 saturated heterocycles. The molecule has 0 saturated carbocycles. The summed E-state index contributed by atoms with van der Waals surface area (Å²) >= 11 is 0. The molecule has 0 aliphatic heterocycles. The van der Waals surface area contributed by atoms with E-state index in [1.54, 1.807) is 0 Å². The highest BCUT2D eigenvalue weighted by atomic mass is 19.2. The third-order valence-electron chi connectivity index (χ3n) is 1.46. The van der Waals surface area contributed by atoms with E-state index >= 15 is 0 Å². The molecule has 0 aromatic rings. The predicted molar refractivity (Wildman–Crippen MR) is 49.2 cm³/mol. The summed E-state index contributed by atoms with van der Waals surface area (Å²) in [5.41, 5.74) is 0. The second-order valence-electron chi connectivity index (χ2n) is 2.69. The van der Waals surface area contributed by atoms with Crippen LogP contribution < -0.4 is 0 Å². The van der Waals surface area contributed by atoms with Gasteiger partial charge in [-0.25, -0.2) is 0 Å². The summed E-state index contributed by atoms with van der Waals surface area (Å²) in [6.07, 6.45) is 8.49. The van der Waals surface area contributed by atoms with E-state index in [1.807, 2.05) is 0 Å². The summed E-state index contributed by atoms with van der Waals surface area (Å²) in [6, 6.07) is 0. The molecule has 12 heavy (non-hydrogen) atoms. The van der Waals surface area contributed by atoms with Crippen LogP contribution in [0.2, 0.25) is 0 Å². The molecule has 0 atom stereocenters. The number of hydrogen-bond donors (Lipinski definition) is 1. The van der Waals surface area contributed by atoms with Gasteiger partial charge in [-0.1, -0.05) is 52.4 Å². The molecule has 0 amide bonds. The van der Waals surface area contributed by atoms with Crippen molar-refractivity contribution in [2.75, 3.05) is 0 Å². The van der Waals surface area contributed by atoms with Gasteiger partial charge in [-0.2, -0.15) is 0 Å². The zero-order chi connectivity index (χ0) is 9.82. The molecule has 0 fully saturated rings. The van der Waals surface area contributed by atoms with Gasteiger partial charge in [0.05, 0.1) is 0 Å². The standard InChI is InChI=1S/C8H18.BF2HO/c1-3-5-7-8-6-4-2;2-1(3)4/h3-8H2,1-2H3;4H. The van der Waals surface area contributed by atoms with Crippen LogP contribution in [-0.4, -0.2) is 12.5 Å². The summed E-state index contributed by atoms with van der Waals surface area (Å²) in [5.74, 6) is 0. The molecule has 0 aliphatic rings. The van der Waals surface area contributed by atoms with E-state index in [9.17, 15) is 8.63 Å². The van der Waals surface area contributed by atoms with E-state index in [4.69, 9.17) is 5.02 Å². The second-order valence-corrected chi connectivity index (χ2v) is 2.69. The van der Waals surface area contributed by atoms with Gasteiger partial charge in [-0.15, -0.1) is 0 Å². The van der Waals surface area contributed by atoms with Crippen LogP contribution in [0.5, 0.6) is 0 Å². The average molecular weight is 180 g/mol. The Balaban J connectivity index is 0. The predicted octanol–water partition coefficient (Wildman–Crippen LogP) is 3.27. The third kappa shape index (κ3) is 32.7. The molecule has 1 N–H and O–H groups in total. The molecule has 0 rings (SSSR count). The summed E-state index contributed by atoms with van der Waals surface area (Å²) in [4.78, 5) is 0. The monoisotopic (exact) mass is 180 g/mol. The lowest BCUT2D eigenvalue weighted by Gasteiger charge is -1.93. The third-order valence-corrected chi connectivity index (χ3v) is 1.46. The molecule has 0 radical (unpaired) electrons. The Morgan fingerprint density at radius 3 is 1.33 bits per heavy atom. The maximum absolute atomic E-state index is 9.89. The molecule has 4 heteroatoms. The molecule has 0 bridgehead atoms. The Labute approximate surface area is 74.4 Å². The number of unbranched alkanes of at least 4 members (excludes halogenated alkanes) is 5. The highest BCUT2D eigenvalue weighted by molar-refractivity contribution is 6.32. The molecule has 0 aliphatic carbocycles. The van der Waals surface area contributed by atoms with Crippen molar-refractivity contribution >= 4 is 7.47 Å². The quantitative estimate of drug-likeness (QED) is 0.508. The Kier molecular flexibility index (Phi) is 16.2. The molecule has 0 aromatic heterocycles. The van der Waals surface area contributed by atoms with E-state index < -0.39 is 7.47 Å².